The Kier molecular flexibility index (Phi) is 6.14. The summed E-state index contributed by atoms with van der Waals surface area (Å²) in [5.74, 6) is -0.582. The molecule has 2 aromatic carbocycles. The minimum atomic E-state index is -0.454. The van der Waals surface area contributed by atoms with Crippen molar-refractivity contribution < 1.29 is 14.3 Å². The SMILES string of the molecule is O=C(OCC(=O)N1CCCC1)c1c2c(nc3ccccc13)/C(=C\c1ccc(Cl)cc1)CCC2. The Hall–Kier alpha value is -3.18. The Balaban J connectivity index is 1.52. The van der Waals surface area contributed by atoms with Gasteiger partial charge in [0, 0.05) is 23.5 Å². The number of hydrogen-bond acceptors (Lipinski definition) is 4. The molecule has 5 nitrogen and oxygen atoms in total. The van der Waals surface area contributed by atoms with Gasteiger partial charge < -0.3 is 9.64 Å². The van der Waals surface area contributed by atoms with Gasteiger partial charge in [0.2, 0.25) is 0 Å². The molecule has 3 aromatic rings. The summed E-state index contributed by atoms with van der Waals surface area (Å²) in [7, 11) is 0. The Morgan fingerprint density at radius 2 is 1.76 bits per heavy atom. The lowest BCUT2D eigenvalue weighted by Gasteiger charge is -2.23. The van der Waals surface area contributed by atoms with Crippen LogP contribution in [-0.4, -0.2) is 41.5 Å². The lowest BCUT2D eigenvalue weighted by atomic mass is 9.86. The summed E-state index contributed by atoms with van der Waals surface area (Å²) >= 11 is 6.04. The molecule has 0 atom stereocenters. The van der Waals surface area contributed by atoms with Crippen LogP contribution in [0, 0.1) is 0 Å². The quantitative estimate of drug-likeness (QED) is 0.479. The van der Waals surface area contributed by atoms with Crippen molar-refractivity contribution in [1.82, 2.24) is 9.88 Å². The summed E-state index contributed by atoms with van der Waals surface area (Å²) < 4.78 is 5.55. The number of carbonyl (C=O) groups is 2. The number of aromatic nitrogens is 1. The molecule has 1 saturated heterocycles. The number of halogens is 1. The second kappa shape index (κ2) is 9.36. The molecule has 5 rings (SSSR count). The standard InChI is InChI=1S/C27H25ClN2O3/c28-20-12-10-18(11-13-20)16-19-6-5-8-22-25(21-7-1-2-9-23(21)29-26(19)22)27(32)33-17-24(31)30-14-3-4-15-30/h1-2,7,9-13,16H,3-6,8,14-15,17H2/b19-16-. The molecule has 0 spiro atoms. The van der Waals surface area contributed by atoms with Gasteiger partial charge in [-0.1, -0.05) is 41.9 Å². The van der Waals surface area contributed by atoms with Gasteiger partial charge in [-0.25, -0.2) is 9.78 Å². The minimum Gasteiger partial charge on any atom is -0.452 e. The molecule has 1 aliphatic heterocycles. The number of pyridine rings is 1. The Morgan fingerprint density at radius 3 is 2.55 bits per heavy atom. The van der Waals surface area contributed by atoms with E-state index in [1.165, 1.54) is 0 Å². The lowest BCUT2D eigenvalue weighted by molar-refractivity contribution is -0.133. The van der Waals surface area contributed by atoms with E-state index in [-0.39, 0.29) is 12.5 Å². The van der Waals surface area contributed by atoms with Crippen molar-refractivity contribution >= 4 is 46.0 Å². The topological polar surface area (TPSA) is 59.5 Å². The third-order valence-corrected chi connectivity index (χ3v) is 6.62. The van der Waals surface area contributed by atoms with Crippen molar-refractivity contribution in [2.45, 2.75) is 32.1 Å². The maximum Gasteiger partial charge on any atom is 0.339 e. The number of para-hydroxylation sites is 1. The lowest BCUT2D eigenvalue weighted by Crippen LogP contribution is -2.32. The van der Waals surface area contributed by atoms with Gasteiger partial charge in [-0.3, -0.25) is 4.79 Å². The van der Waals surface area contributed by atoms with E-state index < -0.39 is 5.97 Å². The van der Waals surface area contributed by atoms with Crippen LogP contribution < -0.4 is 0 Å². The van der Waals surface area contributed by atoms with Crippen LogP contribution in [0.3, 0.4) is 0 Å². The second-order valence-corrected chi connectivity index (χ2v) is 9.01. The number of amides is 1. The number of carbonyl (C=O) groups excluding carboxylic acids is 2. The van der Waals surface area contributed by atoms with Crippen molar-refractivity contribution in [1.29, 1.82) is 0 Å². The van der Waals surface area contributed by atoms with Crippen LogP contribution in [0.4, 0.5) is 0 Å². The molecule has 2 aliphatic rings. The van der Waals surface area contributed by atoms with Gasteiger partial charge in [0.05, 0.1) is 16.8 Å². The number of esters is 1. The van der Waals surface area contributed by atoms with Gasteiger partial charge in [-0.05, 0) is 73.1 Å². The van der Waals surface area contributed by atoms with Crippen LogP contribution in [0.15, 0.2) is 48.5 Å². The smallest absolute Gasteiger partial charge is 0.339 e. The van der Waals surface area contributed by atoms with Crippen LogP contribution in [-0.2, 0) is 16.0 Å². The highest BCUT2D eigenvalue weighted by atomic mass is 35.5. The van der Waals surface area contributed by atoms with E-state index in [9.17, 15) is 9.59 Å². The highest BCUT2D eigenvalue weighted by Crippen LogP contribution is 2.36. The van der Waals surface area contributed by atoms with Gasteiger partial charge in [0.25, 0.3) is 5.91 Å². The zero-order valence-electron chi connectivity index (χ0n) is 18.4. The summed E-state index contributed by atoms with van der Waals surface area (Å²) in [4.78, 5) is 32.4. The largest absolute Gasteiger partial charge is 0.452 e. The number of benzene rings is 2. The highest BCUT2D eigenvalue weighted by molar-refractivity contribution is 6.30. The summed E-state index contributed by atoms with van der Waals surface area (Å²) in [6, 6.07) is 15.3. The maximum absolute atomic E-state index is 13.3. The van der Waals surface area contributed by atoms with E-state index in [1.54, 1.807) is 4.90 Å². The summed E-state index contributed by atoms with van der Waals surface area (Å²) in [5, 5.41) is 1.46. The monoisotopic (exact) mass is 460 g/mol. The fraction of sp³-hybridized carbons (Fsp3) is 0.296. The molecule has 0 unspecified atom stereocenters. The van der Waals surface area contributed by atoms with Crippen molar-refractivity contribution in [3.8, 4) is 0 Å². The van der Waals surface area contributed by atoms with Crippen molar-refractivity contribution in [2.75, 3.05) is 19.7 Å². The highest BCUT2D eigenvalue weighted by Gasteiger charge is 2.27. The zero-order chi connectivity index (χ0) is 22.8. The molecule has 6 heteroatoms. The number of likely N-dealkylation sites (tertiary alicyclic amines) is 1. The van der Waals surface area contributed by atoms with E-state index in [4.69, 9.17) is 21.3 Å². The average Bonchev–Trinajstić information content (AvgIpc) is 3.38. The van der Waals surface area contributed by atoms with E-state index >= 15 is 0 Å². The molecule has 0 radical (unpaired) electrons. The van der Waals surface area contributed by atoms with Gasteiger partial charge in [0.15, 0.2) is 6.61 Å². The average molecular weight is 461 g/mol. The molecule has 1 fully saturated rings. The van der Waals surface area contributed by atoms with Crippen LogP contribution >= 0.6 is 11.6 Å². The fourth-order valence-electron chi connectivity index (χ4n) is 4.73. The van der Waals surface area contributed by atoms with Gasteiger partial charge in [0.1, 0.15) is 0 Å². The molecular formula is C27H25ClN2O3. The summed E-state index contributed by atoms with van der Waals surface area (Å²) in [6.07, 6.45) is 6.66. The molecular weight excluding hydrogens is 436 g/mol. The normalized spacial score (nSPS) is 16.8. The summed E-state index contributed by atoms with van der Waals surface area (Å²) in [5.41, 5.74) is 5.15. The molecule has 0 bridgehead atoms. The van der Waals surface area contributed by atoms with Crippen molar-refractivity contribution in [2.24, 2.45) is 0 Å². The fourth-order valence-corrected chi connectivity index (χ4v) is 4.85. The second-order valence-electron chi connectivity index (χ2n) is 8.57. The first-order valence-electron chi connectivity index (χ1n) is 11.4. The van der Waals surface area contributed by atoms with Gasteiger partial charge in [-0.2, -0.15) is 0 Å². The predicted octanol–water partition coefficient (Wildman–Crippen LogP) is 5.54. The number of fused-ring (bicyclic) bond motifs is 2. The van der Waals surface area contributed by atoms with Crippen molar-refractivity contribution in [3.63, 3.8) is 0 Å². The first-order valence-corrected chi connectivity index (χ1v) is 11.8. The molecule has 33 heavy (non-hydrogen) atoms. The number of allylic oxidation sites excluding steroid dienone is 1. The predicted molar refractivity (Wildman–Crippen MR) is 130 cm³/mol. The van der Waals surface area contributed by atoms with Crippen molar-refractivity contribution in [3.05, 3.63) is 75.9 Å². The molecule has 1 aromatic heterocycles. The first kappa shape index (κ1) is 21.7. The van der Waals surface area contributed by atoms with Gasteiger partial charge in [-0.15, -0.1) is 0 Å². The molecule has 168 valence electrons. The van der Waals surface area contributed by atoms with E-state index in [1.807, 2.05) is 48.5 Å². The zero-order valence-corrected chi connectivity index (χ0v) is 19.1. The minimum absolute atomic E-state index is 0.128. The van der Waals surface area contributed by atoms with E-state index in [0.717, 1.165) is 78.5 Å². The third-order valence-electron chi connectivity index (χ3n) is 6.37. The summed E-state index contributed by atoms with van der Waals surface area (Å²) in [6.45, 7) is 1.25. The van der Waals surface area contributed by atoms with Crippen LogP contribution in [0.1, 0.15) is 52.9 Å². The van der Waals surface area contributed by atoms with Crippen LogP contribution in [0.2, 0.25) is 5.02 Å². The molecule has 2 heterocycles. The Bertz CT molecular complexity index is 1240. The molecule has 1 amide bonds. The van der Waals surface area contributed by atoms with E-state index in [0.29, 0.717) is 10.6 Å². The molecule has 0 saturated carbocycles. The molecule has 0 N–H and O–H groups in total. The Morgan fingerprint density at radius 1 is 1.00 bits per heavy atom. The van der Waals surface area contributed by atoms with Crippen LogP contribution in [0.5, 0.6) is 0 Å². The third kappa shape index (κ3) is 4.51. The number of nitrogens with zero attached hydrogens (tertiary/aromatic N) is 2. The maximum atomic E-state index is 13.3. The van der Waals surface area contributed by atoms with Crippen LogP contribution in [0.25, 0.3) is 22.6 Å². The van der Waals surface area contributed by atoms with Gasteiger partial charge >= 0.3 is 5.97 Å². The first-order chi connectivity index (χ1) is 16.1. The number of hydrogen-bond donors (Lipinski definition) is 0. The molecule has 1 aliphatic carbocycles. The number of rotatable bonds is 4. The van der Waals surface area contributed by atoms with E-state index in [2.05, 4.69) is 6.08 Å². The Labute approximate surface area is 198 Å². The number of ether oxygens (including phenoxy) is 1.